The van der Waals surface area contributed by atoms with E-state index in [1.165, 1.54) is 0 Å². The number of halogens is 1. The summed E-state index contributed by atoms with van der Waals surface area (Å²) in [5, 5.41) is 4.32. The van der Waals surface area contributed by atoms with E-state index in [-0.39, 0.29) is 0 Å². The Morgan fingerprint density at radius 1 is 1.48 bits per heavy atom. The zero-order valence-corrected chi connectivity index (χ0v) is 17.0. The maximum absolute atomic E-state index is 5.60. The number of fused-ring (bicyclic) bond motifs is 1. The van der Waals surface area contributed by atoms with Gasteiger partial charge in [-0.2, -0.15) is 0 Å². The van der Waals surface area contributed by atoms with E-state index in [0.29, 0.717) is 5.92 Å². The molecule has 0 spiro atoms. The third kappa shape index (κ3) is 3.85. The molecule has 0 bridgehead atoms. The minimum Gasteiger partial charge on any atom is -0.346 e. The van der Waals surface area contributed by atoms with Crippen molar-refractivity contribution in [2.45, 2.75) is 32.2 Å². The number of thiocarbonyl (C=S) groups is 1. The SMILES string of the molecule is CC(C)C=N/C=C\CC1(c2cccc(Br)c2)NC(=S)N2CCCN=C21. The van der Waals surface area contributed by atoms with Gasteiger partial charge in [-0.25, -0.2) is 0 Å². The molecule has 0 amide bonds. The molecule has 25 heavy (non-hydrogen) atoms. The molecule has 0 aliphatic carbocycles. The summed E-state index contributed by atoms with van der Waals surface area (Å²) >= 11 is 9.19. The molecule has 0 aromatic heterocycles. The predicted octanol–water partition coefficient (Wildman–Crippen LogP) is 4.27. The summed E-state index contributed by atoms with van der Waals surface area (Å²) in [5.41, 5.74) is 0.732. The largest absolute Gasteiger partial charge is 0.346 e. The van der Waals surface area contributed by atoms with Gasteiger partial charge in [0.15, 0.2) is 5.11 Å². The summed E-state index contributed by atoms with van der Waals surface area (Å²) in [4.78, 5) is 11.3. The second-order valence-electron chi connectivity index (χ2n) is 6.69. The number of nitrogens with zero attached hydrogens (tertiary/aromatic N) is 3. The molecule has 1 unspecified atom stereocenters. The summed E-state index contributed by atoms with van der Waals surface area (Å²) < 4.78 is 1.05. The van der Waals surface area contributed by atoms with E-state index in [4.69, 9.17) is 17.2 Å². The predicted molar refractivity (Wildman–Crippen MR) is 112 cm³/mol. The van der Waals surface area contributed by atoms with Gasteiger partial charge >= 0.3 is 0 Å². The standard InChI is InChI=1S/C19H23BrN4S/c1-14(2)13-21-9-4-8-19(15-6-3-7-16(20)12-15)17-22-10-5-11-24(17)18(25)23-19/h3-4,6-7,9,12-14H,5,8,10-11H2,1-2H3,(H,23,25)/b9-4-,21-13?. The van der Waals surface area contributed by atoms with Crippen LogP contribution in [0.15, 0.2) is 51.0 Å². The van der Waals surface area contributed by atoms with Gasteiger partial charge < -0.3 is 10.2 Å². The lowest BCUT2D eigenvalue weighted by Gasteiger charge is -2.31. The van der Waals surface area contributed by atoms with Gasteiger partial charge in [-0.05, 0) is 42.3 Å². The molecule has 0 saturated carbocycles. The summed E-state index contributed by atoms with van der Waals surface area (Å²) in [5.74, 6) is 1.47. The highest BCUT2D eigenvalue weighted by atomic mass is 79.9. The number of rotatable bonds is 5. The maximum atomic E-state index is 5.60. The first-order valence-electron chi connectivity index (χ1n) is 8.62. The van der Waals surface area contributed by atoms with Crippen molar-refractivity contribution in [3.8, 4) is 0 Å². The molecule has 1 fully saturated rings. The van der Waals surface area contributed by atoms with Crippen LogP contribution < -0.4 is 5.32 Å². The van der Waals surface area contributed by atoms with Crippen molar-refractivity contribution in [1.29, 1.82) is 0 Å². The Balaban J connectivity index is 1.98. The molecule has 1 N–H and O–H groups in total. The van der Waals surface area contributed by atoms with Crippen LogP contribution in [-0.2, 0) is 5.54 Å². The summed E-state index contributed by atoms with van der Waals surface area (Å²) in [6.45, 7) is 6.01. The van der Waals surface area contributed by atoms with Gasteiger partial charge in [0.05, 0.1) is 0 Å². The van der Waals surface area contributed by atoms with Crippen LogP contribution in [0.4, 0.5) is 0 Å². The van der Waals surface area contributed by atoms with Crippen molar-refractivity contribution in [3.05, 3.63) is 46.6 Å². The molecule has 132 valence electrons. The lowest BCUT2D eigenvalue weighted by atomic mass is 9.85. The summed E-state index contributed by atoms with van der Waals surface area (Å²) in [6.07, 6.45) is 7.69. The van der Waals surface area contributed by atoms with E-state index in [2.05, 4.69) is 69.3 Å². The molecule has 2 heterocycles. The Hall–Kier alpha value is -1.53. The van der Waals surface area contributed by atoms with E-state index in [9.17, 15) is 0 Å². The van der Waals surface area contributed by atoms with Crippen LogP contribution in [0.25, 0.3) is 0 Å². The Kier molecular flexibility index (Phi) is 5.69. The molecule has 1 aromatic carbocycles. The quantitative estimate of drug-likeness (QED) is 0.573. The number of aliphatic imine (C=N–C) groups is 2. The van der Waals surface area contributed by atoms with Gasteiger partial charge in [0.25, 0.3) is 0 Å². The minimum absolute atomic E-state index is 0.425. The van der Waals surface area contributed by atoms with Crippen LogP contribution in [0.2, 0.25) is 0 Å². The molecule has 4 nitrogen and oxygen atoms in total. The molecule has 1 atom stereocenters. The van der Waals surface area contributed by atoms with Gasteiger partial charge in [0.2, 0.25) is 0 Å². The fourth-order valence-corrected chi connectivity index (χ4v) is 3.95. The van der Waals surface area contributed by atoms with E-state index < -0.39 is 5.54 Å². The molecule has 1 saturated heterocycles. The Morgan fingerprint density at radius 2 is 2.32 bits per heavy atom. The number of benzene rings is 1. The molecular formula is C19H23BrN4S. The molecular weight excluding hydrogens is 396 g/mol. The van der Waals surface area contributed by atoms with Gasteiger partial charge in [0.1, 0.15) is 11.4 Å². The van der Waals surface area contributed by atoms with Gasteiger partial charge in [-0.1, -0.05) is 48.0 Å². The third-order valence-electron chi connectivity index (χ3n) is 4.32. The van der Waals surface area contributed by atoms with Crippen LogP contribution in [0.5, 0.6) is 0 Å². The first-order valence-corrected chi connectivity index (χ1v) is 9.82. The smallest absolute Gasteiger partial charge is 0.175 e. The molecule has 0 radical (unpaired) electrons. The van der Waals surface area contributed by atoms with Crippen molar-refractivity contribution in [3.63, 3.8) is 0 Å². The highest BCUT2D eigenvalue weighted by Crippen LogP contribution is 2.36. The monoisotopic (exact) mass is 418 g/mol. The maximum Gasteiger partial charge on any atom is 0.175 e. The molecule has 6 heteroatoms. The topological polar surface area (TPSA) is 40.0 Å². The van der Waals surface area contributed by atoms with Crippen LogP contribution in [0.3, 0.4) is 0 Å². The van der Waals surface area contributed by atoms with E-state index in [1.54, 1.807) is 0 Å². The number of hydrogen-bond donors (Lipinski definition) is 1. The zero-order valence-electron chi connectivity index (χ0n) is 14.6. The van der Waals surface area contributed by atoms with Crippen molar-refractivity contribution < 1.29 is 0 Å². The van der Waals surface area contributed by atoms with Gasteiger partial charge in [-0.15, -0.1) is 0 Å². The van der Waals surface area contributed by atoms with Crippen molar-refractivity contribution in [2.24, 2.45) is 15.9 Å². The Labute approximate surface area is 163 Å². The fraction of sp³-hybridized carbons (Fsp3) is 0.421. The molecule has 2 aliphatic heterocycles. The van der Waals surface area contributed by atoms with Gasteiger partial charge in [-0.3, -0.25) is 9.98 Å². The summed E-state index contributed by atoms with van der Waals surface area (Å²) in [7, 11) is 0. The van der Waals surface area contributed by atoms with E-state index >= 15 is 0 Å². The van der Waals surface area contributed by atoms with Crippen LogP contribution in [0, 0.1) is 5.92 Å². The van der Waals surface area contributed by atoms with E-state index in [1.807, 2.05) is 18.5 Å². The molecule has 2 aliphatic rings. The number of hydrogen-bond acceptors (Lipinski definition) is 3. The first-order chi connectivity index (χ1) is 12.0. The molecule has 1 aromatic rings. The van der Waals surface area contributed by atoms with Gasteiger partial charge in [0, 0.05) is 36.4 Å². The van der Waals surface area contributed by atoms with E-state index in [0.717, 1.165) is 46.9 Å². The first kappa shape index (κ1) is 18.3. The molecule has 3 rings (SSSR count). The second kappa shape index (κ2) is 7.79. The minimum atomic E-state index is -0.425. The Bertz CT molecular complexity index is 741. The third-order valence-corrected chi connectivity index (χ3v) is 5.14. The average Bonchev–Trinajstić information content (AvgIpc) is 2.88. The normalized spacial score (nSPS) is 23.4. The van der Waals surface area contributed by atoms with Crippen LogP contribution in [-0.4, -0.2) is 35.2 Å². The van der Waals surface area contributed by atoms with Crippen molar-refractivity contribution >= 4 is 45.3 Å². The van der Waals surface area contributed by atoms with Crippen molar-refractivity contribution in [2.75, 3.05) is 13.1 Å². The Morgan fingerprint density at radius 3 is 3.08 bits per heavy atom. The highest BCUT2D eigenvalue weighted by molar-refractivity contribution is 9.10. The van der Waals surface area contributed by atoms with Crippen LogP contribution >= 0.6 is 28.1 Å². The second-order valence-corrected chi connectivity index (χ2v) is 7.99. The number of amidine groups is 1. The fourth-order valence-electron chi connectivity index (χ4n) is 3.20. The number of nitrogens with one attached hydrogen (secondary N) is 1. The van der Waals surface area contributed by atoms with Crippen LogP contribution in [0.1, 0.15) is 32.3 Å². The lowest BCUT2D eigenvalue weighted by Crippen LogP contribution is -2.45. The lowest BCUT2D eigenvalue weighted by molar-refractivity contribution is 0.514. The average molecular weight is 419 g/mol. The highest BCUT2D eigenvalue weighted by Gasteiger charge is 2.48. The zero-order chi connectivity index (χ0) is 17.9. The summed E-state index contributed by atoms with van der Waals surface area (Å²) in [6, 6.07) is 8.36. The van der Waals surface area contributed by atoms with Crippen molar-refractivity contribution in [1.82, 2.24) is 10.2 Å².